The number of amides is 2. The lowest BCUT2D eigenvalue weighted by Gasteiger charge is -2.43. The second kappa shape index (κ2) is 5.26. The quantitative estimate of drug-likeness (QED) is 0.751. The number of rotatable bonds is 4. The molecule has 5 nitrogen and oxygen atoms in total. The summed E-state index contributed by atoms with van der Waals surface area (Å²) in [6, 6.07) is -0.385. The molecule has 1 spiro atoms. The minimum Gasteiger partial charge on any atom is -0.380 e. The maximum Gasteiger partial charge on any atom is 0.249 e. The van der Waals surface area contributed by atoms with E-state index in [9.17, 15) is 9.59 Å². The van der Waals surface area contributed by atoms with E-state index in [-0.39, 0.29) is 17.9 Å². The monoisotopic (exact) mass is 254 g/mol. The standard InChI is InChI=1S/C13H22N2O3/c1-3-18-9-8-15-10(2)11(16)14-13(12(15)17)6-4-5-7-13/h10H,3-9H2,1-2H3,(H,14,16). The highest BCUT2D eigenvalue weighted by Gasteiger charge is 2.50. The minimum atomic E-state index is -0.615. The van der Waals surface area contributed by atoms with Crippen LogP contribution in [0.4, 0.5) is 0 Å². The smallest absolute Gasteiger partial charge is 0.249 e. The minimum absolute atomic E-state index is 0.0343. The number of hydrogen-bond donors (Lipinski definition) is 1. The van der Waals surface area contributed by atoms with Crippen LogP contribution in [0.25, 0.3) is 0 Å². The Morgan fingerprint density at radius 2 is 2.06 bits per heavy atom. The Bertz CT molecular complexity index is 337. The Kier molecular flexibility index (Phi) is 3.90. The lowest BCUT2D eigenvalue weighted by molar-refractivity contribution is -0.154. The van der Waals surface area contributed by atoms with Crippen molar-refractivity contribution < 1.29 is 14.3 Å². The molecule has 102 valence electrons. The fraction of sp³-hybridized carbons (Fsp3) is 0.846. The number of hydrogen-bond acceptors (Lipinski definition) is 3. The zero-order valence-corrected chi connectivity index (χ0v) is 11.2. The molecule has 1 N–H and O–H groups in total. The van der Waals surface area contributed by atoms with E-state index in [0.717, 1.165) is 25.7 Å². The summed E-state index contributed by atoms with van der Waals surface area (Å²) in [7, 11) is 0. The van der Waals surface area contributed by atoms with E-state index in [1.54, 1.807) is 11.8 Å². The Balaban J connectivity index is 2.10. The number of carbonyl (C=O) groups excluding carboxylic acids is 2. The van der Waals surface area contributed by atoms with Crippen molar-refractivity contribution in [3.05, 3.63) is 0 Å². The normalized spacial score (nSPS) is 26.8. The van der Waals surface area contributed by atoms with Crippen LogP contribution >= 0.6 is 0 Å². The van der Waals surface area contributed by atoms with E-state index >= 15 is 0 Å². The Labute approximate surface area is 108 Å². The Morgan fingerprint density at radius 3 is 2.67 bits per heavy atom. The number of piperazine rings is 1. The maximum atomic E-state index is 12.6. The van der Waals surface area contributed by atoms with Gasteiger partial charge in [-0.3, -0.25) is 9.59 Å². The van der Waals surface area contributed by atoms with Gasteiger partial charge in [-0.25, -0.2) is 0 Å². The van der Waals surface area contributed by atoms with Gasteiger partial charge < -0.3 is 15.0 Å². The molecule has 2 rings (SSSR count). The third-order valence-corrected chi connectivity index (χ3v) is 4.02. The van der Waals surface area contributed by atoms with Crippen LogP contribution in [0.1, 0.15) is 39.5 Å². The first-order chi connectivity index (χ1) is 8.60. The van der Waals surface area contributed by atoms with Gasteiger partial charge in [0.2, 0.25) is 11.8 Å². The highest BCUT2D eigenvalue weighted by Crippen LogP contribution is 2.34. The molecule has 1 heterocycles. The molecule has 0 radical (unpaired) electrons. The van der Waals surface area contributed by atoms with E-state index in [0.29, 0.717) is 19.8 Å². The molecule has 1 saturated heterocycles. The summed E-state index contributed by atoms with van der Waals surface area (Å²) in [5.41, 5.74) is -0.615. The van der Waals surface area contributed by atoms with Gasteiger partial charge in [-0.1, -0.05) is 12.8 Å². The number of nitrogens with zero attached hydrogens (tertiary/aromatic N) is 1. The lowest BCUT2D eigenvalue weighted by atomic mass is 9.91. The fourth-order valence-corrected chi connectivity index (χ4v) is 2.91. The van der Waals surface area contributed by atoms with Gasteiger partial charge in [-0.15, -0.1) is 0 Å². The molecule has 0 aromatic rings. The fourth-order valence-electron chi connectivity index (χ4n) is 2.91. The van der Waals surface area contributed by atoms with Crippen LogP contribution in [0, 0.1) is 0 Å². The van der Waals surface area contributed by atoms with Crippen molar-refractivity contribution in [2.24, 2.45) is 0 Å². The number of ether oxygens (including phenoxy) is 1. The molecule has 2 amide bonds. The molecule has 0 bridgehead atoms. The van der Waals surface area contributed by atoms with E-state index in [1.807, 2.05) is 6.92 Å². The van der Waals surface area contributed by atoms with Crippen LogP contribution in [0.2, 0.25) is 0 Å². The topological polar surface area (TPSA) is 58.6 Å². The zero-order valence-electron chi connectivity index (χ0n) is 11.2. The van der Waals surface area contributed by atoms with Crippen molar-refractivity contribution in [3.8, 4) is 0 Å². The predicted molar refractivity (Wildman–Crippen MR) is 67.0 cm³/mol. The maximum absolute atomic E-state index is 12.6. The van der Waals surface area contributed by atoms with Crippen molar-refractivity contribution >= 4 is 11.8 Å². The van der Waals surface area contributed by atoms with Crippen molar-refractivity contribution in [3.63, 3.8) is 0 Å². The van der Waals surface area contributed by atoms with Crippen molar-refractivity contribution in [1.29, 1.82) is 0 Å². The molecule has 1 atom stereocenters. The zero-order chi connectivity index (χ0) is 13.2. The molecule has 1 saturated carbocycles. The summed E-state index contributed by atoms with van der Waals surface area (Å²) in [4.78, 5) is 26.2. The van der Waals surface area contributed by atoms with Crippen molar-refractivity contribution in [2.75, 3.05) is 19.8 Å². The first kappa shape index (κ1) is 13.3. The molecule has 0 aromatic heterocycles. The van der Waals surface area contributed by atoms with Crippen LogP contribution < -0.4 is 5.32 Å². The highest BCUT2D eigenvalue weighted by molar-refractivity contribution is 5.99. The van der Waals surface area contributed by atoms with E-state index in [4.69, 9.17) is 4.74 Å². The van der Waals surface area contributed by atoms with Gasteiger partial charge in [0.25, 0.3) is 0 Å². The molecular weight excluding hydrogens is 232 g/mol. The van der Waals surface area contributed by atoms with E-state index in [1.165, 1.54) is 0 Å². The average Bonchev–Trinajstić information content (AvgIpc) is 2.81. The third-order valence-electron chi connectivity index (χ3n) is 4.02. The van der Waals surface area contributed by atoms with E-state index < -0.39 is 5.54 Å². The third kappa shape index (κ3) is 2.23. The van der Waals surface area contributed by atoms with Crippen molar-refractivity contribution in [1.82, 2.24) is 10.2 Å². The summed E-state index contributed by atoms with van der Waals surface area (Å²) < 4.78 is 5.29. The second-order valence-electron chi connectivity index (χ2n) is 5.15. The molecule has 5 heteroatoms. The molecule has 1 aliphatic heterocycles. The summed E-state index contributed by atoms with van der Waals surface area (Å²) in [6.45, 7) is 5.33. The van der Waals surface area contributed by atoms with Gasteiger partial charge in [0.15, 0.2) is 0 Å². The molecule has 1 unspecified atom stereocenters. The van der Waals surface area contributed by atoms with Crippen molar-refractivity contribution in [2.45, 2.75) is 51.1 Å². The van der Waals surface area contributed by atoms with Gasteiger partial charge in [0.05, 0.1) is 6.61 Å². The average molecular weight is 254 g/mol. The van der Waals surface area contributed by atoms with Gasteiger partial charge in [0.1, 0.15) is 11.6 Å². The molecule has 2 aliphatic rings. The Morgan fingerprint density at radius 1 is 1.39 bits per heavy atom. The molecular formula is C13H22N2O3. The summed E-state index contributed by atoms with van der Waals surface area (Å²) in [5.74, 6) is 0.0415. The SMILES string of the molecule is CCOCCN1C(=O)C2(CCCC2)NC(=O)C1C. The van der Waals surface area contributed by atoms with Crippen LogP contribution in [0.3, 0.4) is 0 Å². The molecule has 18 heavy (non-hydrogen) atoms. The molecule has 1 aliphatic carbocycles. The number of nitrogens with one attached hydrogen (secondary N) is 1. The predicted octanol–water partition coefficient (Wildman–Crippen LogP) is 0.683. The van der Waals surface area contributed by atoms with Gasteiger partial charge in [-0.2, -0.15) is 0 Å². The van der Waals surface area contributed by atoms with Crippen LogP contribution in [0.5, 0.6) is 0 Å². The summed E-state index contributed by atoms with van der Waals surface area (Å²) in [6.07, 6.45) is 3.57. The lowest BCUT2D eigenvalue weighted by Crippen LogP contribution is -2.69. The van der Waals surface area contributed by atoms with Gasteiger partial charge in [-0.05, 0) is 26.7 Å². The van der Waals surface area contributed by atoms with Gasteiger partial charge >= 0.3 is 0 Å². The van der Waals surface area contributed by atoms with Crippen LogP contribution in [-0.2, 0) is 14.3 Å². The van der Waals surface area contributed by atoms with Crippen LogP contribution in [-0.4, -0.2) is 48.1 Å². The second-order valence-corrected chi connectivity index (χ2v) is 5.15. The summed E-state index contributed by atoms with van der Waals surface area (Å²) in [5, 5.41) is 2.94. The highest BCUT2D eigenvalue weighted by atomic mass is 16.5. The van der Waals surface area contributed by atoms with E-state index in [2.05, 4.69) is 5.32 Å². The first-order valence-electron chi connectivity index (χ1n) is 6.81. The summed E-state index contributed by atoms with van der Waals surface area (Å²) >= 11 is 0. The first-order valence-corrected chi connectivity index (χ1v) is 6.81. The number of carbonyl (C=O) groups is 2. The molecule has 2 fully saturated rings. The molecule has 0 aromatic carbocycles. The van der Waals surface area contributed by atoms with Gasteiger partial charge in [0, 0.05) is 13.2 Å². The largest absolute Gasteiger partial charge is 0.380 e. The Hall–Kier alpha value is -1.10. The van der Waals surface area contributed by atoms with Crippen LogP contribution in [0.15, 0.2) is 0 Å².